The molecule has 0 saturated carbocycles. The molecular formula is C14H14O2. The minimum atomic E-state index is -0.826. The Hall–Kier alpha value is -1.57. The molecule has 1 aromatic carbocycles. The first-order valence-corrected chi connectivity index (χ1v) is 5.83. The molecule has 2 nitrogen and oxygen atoms in total. The maximum Gasteiger partial charge on any atom is 0.335 e. The van der Waals surface area contributed by atoms with Gasteiger partial charge in [0.05, 0.1) is 5.56 Å². The van der Waals surface area contributed by atoms with Crippen molar-refractivity contribution in [2.75, 3.05) is 0 Å². The second-order valence-electron chi connectivity index (χ2n) is 4.64. The molecule has 0 saturated heterocycles. The van der Waals surface area contributed by atoms with Gasteiger partial charge in [-0.15, -0.1) is 0 Å². The number of hydrogen-bond acceptors (Lipinski definition) is 1. The van der Waals surface area contributed by atoms with Crippen LogP contribution in [-0.2, 0) is 6.42 Å². The van der Waals surface area contributed by atoms with Crippen LogP contribution in [0.4, 0.5) is 0 Å². The van der Waals surface area contributed by atoms with Gasteiger partial charge >= 0.3 is 5.97 Å². The summed E-state index contributed by atoms with van der Waals surface area (Å²) < 4.78 is 0. The topological polar surface area (TPSA) is 37.3 Å². The summed E-state index contributed by atoms with van der Waals surface area (Å²) in [5, 5.41) is 8.96. The van der Waals surface area contributed by atoms with Gasteiger partial charge in [0, 0.05) is 0 Å². The van der Waals surface area contributed by atoms with Gasteiger partial charge in [0.2, 0.25) is 0 Å². The molecular weight excluding hydrogens is 200 g/mol. The lowest BCUT2D eigenvalue weighted by Gasteiger charge is -2.13. The minimum Gasteiger partial charge on any atom is -0.478 e. The molecule has 82 valence electrons. The molecule has 16 heavy (non-hydrogen) atoms. The maximum absolute atomic E-state index is 10.9. The van der Waals surface area contributed by atoms with E-state index in [4.69, 9.17) is 5.11 Å². The summed E-state index contributed by atoms with van der Waals surface area (Å²) in [6, 6.07) is 5.56. The Kier molecular flexibility index (Phi) is 2.10. The zero-order chi connectivity index (χ0) is 11.1. The van der Waals surface area contributed by atoms with E-state index < -0.39 is 5.97 Å². The highest BCUT2D eigenvalue weighted by Gasteiger charge is 2.24. The SMILES string of the molecule is O=C(O)c1ccc2c(c1)CC1=C2CCCC1. The Morgan fingerprint density at radius 3 is 2.81 bits per heavy atom. The van der Waals surface area contributed by atoms with Crippen LogP contribution < -0.4 is 0 Å². The second-order valence-corrected chi connectivity index (χ2v) is 4.64. The molecule has 0 aromatic heterocycles. The third-order valence-electron chi connectivity index (χ3n) is 3.66. The van der Waals surface area contributed by atoms with Crippen molar-refractivity contribution >= 4 is 11.5 Å². The van der Waals surface area contributed by atoms with Crippen LogP contribution in [0.2, 0.25) is 0 Å². The number of carbonyl (C=O) groups is 1. The highest BCUT2D eigenvalue weighted by atomic mass is 16.4. The molecule has 0 fully saturated rings. The number of fused-ring (bicyclic) bond motifs is 2. The van der Waals surface area contributed by atoms with E-state index in [0.717, 1.165) is 6.42 Å². The van der Waals surface area contributed by atoms with Crippen molar-refractivity contribution in [1.82, 2.24) is 0 Å². The van der Waals surface area contributed by atoms with E-state index in [1.54, 1.807) is 11.6 Å². The number of hydrogen-bond donors (Lipinski definition) is 1. The number of allylic oxidation sites excluding steroid dienone is 2. The van der Waals surface area contributed by atoms with Gasteiger partial charge in [0.15, 0.2) is 0 Å². The maximum atomic E-state index is 10.9. The van der Waals surface area contributed by atoms with Gasteiger partial charge < -0.3 is 5.11 Å². The Bertz CT molecular complexity index is 497. The molecule has 0 heterocycles. The van der Waals surface area contributed by atoms with Crippen molar-refractivity contribution in [2.24, 2.45) is 0 Å². The lowest BCUT2D eigenvalue weighted by molar-refractivity contribution is 0.0697. The van der Waals surface area contributed by atoms with Crippen molar-refractivity contribution in [3.05, 3.63) is 40.5 Å². The number of aromatic carboxylic acids is 1. The van der Waals surface area contributed by atoms with E-state index in [2.05, 4.69) is 0 Å². The third-order valence-corrected chi connectivity index (χ3v) is 3.66. The summed E-state index contributed by atoms with van der Waals surface area (Å²) in [5.41, 5.74) is 5.98. The summed E-state index contributed by atoms with van der Waals surface area (Å²) in [5.74, 6) is -0.826. The zero-order valence-electron chi connectivity index (χ0n) is 9.12. The monoisotopic (exact) mass is 214 g/mol. The molecule has 0 spiro atoms. The van der Waals surface area contributed by atoms with Crippen LogP contribution in [0.15, 0.2) is 23.8 Å². The quantitative estimate of drug-likeness (QED) is 0.779. The predicted octanol–water partition coefficient (Wildman–Crippen LogP) is 3.27. The first-order valence-electron chi connectivity index (χ1n) is 5.83. The molecule has 2 aliphatic rings. The van der Waals surface area contributed by atoms with Crippen LogP contribution in [0.5, 0.6) is 0 Å². The van der Waals surface area contributed by atoms with Gasteiger partial charge in [-0.25, -0.2) is 4.79 Å². The Morgan fingerprint density at radius 1 is 1.19 bits per heavy atom. The van der Waals surface area contributed by atoms with E-state index in [1.165, 1.54) is 42.4 Å². The highest BCUT2D eigenvalue weighted by molar-refractivity contribution is 5.89. The lowest BCUT2D eigenvalue weighted by atomic mass is 9.92. The van der Waals surface area contributed by atoms with E-state index >= 15 is 0 Å². The fourth-order valence-corrected chi connectivity index (χ4v) is 2.89. The average Bonchev–Trinajstić information content (AvgIpc) is 2.66. The summed E-state index contributed by atoms with van der Waals surface area (Å²) in [4.78, 5) is 10.9. The highest BCUT2D eigenvalue weighted by Crippen LogP contribution is 2.41. The lowest BCUT2D eigenvalue weighted by Crippen LogP contribution is -1.97. The number of carboxylic acid groups (broad SMARTS) is 1. The standard InChI is InChI=1S/C14H14O2/c15-14(16)10-5-6-13-11(8-10)7-9-3-1-2-4-12(9)13/h5-6,8H,1-4,7H2,(H,15,16). The fraction of sp³-hybridized carbons (Fsp3) is 0.357. The average molecular weight is 214 g/mol. The Morgan fingerprint density at radius 2 is 2.00 bits per heavy atom. The van der Waals surface area contributed by atoms with Crippen molar-refractivity contribution in [3.63, 3.8) is 0 Å². The van der Waals surface area contributed by atoms with Crippen LogP contribution >= 0.6 is 0 Å². The van der Waals surface area contributed by atoms with E-state index in [0.29, 0.717) is 5.56 Å². The van der Waals surface area contributed by atoms with Crippen LogP contribution in [0, 0.1) is 0 Å². The van der Waals surface area contributed by atoms with Gasteiger partial charge in [-0.2, -0.15) is 0 Å². The molecule has 1 aromatic rings. The zero-order valence-corrected chi connectivity index (χ0v) is 9.12. The summed E-state index contributed by atoms with van der Waals surface area (Å²) >= 11 is 0. The van der Waals surface area contributed by atoms with Gasteiger partial charge in [0.1, 0.15) is 0 Å². The van der Waals surface area contributed by atoms with Crippen molar-refractivity contribution in [3.8, 4) is 0 Å². The van der Waals surface area contributed by atoms with E-state index in [-0.39, 0.29) is 0 Å². The smallest absolute Gasteiger partial charge is 0.335 e. The van der Waals surface area contributed by atoms with E-state index in [9.17, 15) is 4.79 Å². The van der Waals surface area contributed by atoms with Crippen LogP contribution in [-0.4, -0.2) is 11.1 Å². The van der Waals surface area contributed by atoms with Gasteiger partial charge in [-0.3, -0.25) is 0 Å². The van der Waals surface area contributed by atoms with Gasteiger partial charge in [0.25, 0.3) is 0 Å². The van der Waals surface area contributed by atoms with Crippen LogP contribution in [0.25, 0.3) is 5.57 Å². The molecule has 1 N–H and O–H groups in total. The van der Waals surface area contributed by atoms with E-state index in [1.807, 2.05) is 12.1 Å². The first kappa shape index (κ1) is 9.64. The fourth-order valence-electron chi connectivity index (χ4n) is 2.89. The first-order chi connectivity index (χ1) is 7.75. The van der Waals surface area contributed by atoms with Crippen molar-refractivity contribution in [2.45, 2.75) is 32.1 Å². The van der Waals surface area contributed by atoms with Gasteiger partial charge in [-0.05, 0) is 60.9 Å². The Balaban J connectivity index is 2.04. The van der Waals surface area contributed by atoms with Crippen LogP contribution in [0.1, 0.15) is 47.2 Å². The molecule has 0 bridgehead atoms. The Labute approximate surface area is 94.6 Å². The third kappa shape index (κ3) is 1.37. The largest absolute Gasteiger partial charge is 0.478 e. The van der Waals surface area contributed by atoms with Gasteiger partial charge in [-0.1, -0.05) is 11.6 Å². The molecule has 0 amide bonds. The number of rotatable bonds is 1. The molecule has 0 aliphatic heterocycles. The predicted molar refractivity (Wildman–Crippen MR) is 62.5 cm³/mol. The normalized spacial score (nSPS) is 18.2. The second kappa shape index (κ2) is 3.48. The summed E-state index contributed by atoms with van der Waals surface area (Å²) in [6.07, 6.45) is 5.92. The molecule has 0 atom stereocenters. The molecule has 0 radical (unpaired) electrons. The number of carboxylic acids is 1. The molecule has 2 heteroatoms. The van der Waals surface area contributed by atoms with Crippen molar-refractivity contribution in [1.29, 1.82) is 0 Å². The summed E-state index contributed by atoms with van der Waals surface area (Å²) in [7, 11) is 0. The minimum absolute atomic E-state index is 0.415. The molecule has 0 unspecified atom stereocenters. The summed E-state index contributed by atoms with van der Waals surface area (Å²) in [6.45, 7) is 0. The number of benzene rings is 1. The molecule has 3 rings (SSSR count). The van der Waals surface area contributed by atoms with Crippen molar-refractivity contribution < 1.29 is 9.90 Å². The molecule has 2 aliphatic carbocycles. The van der Waals surface area contributed by atoms with Crippen LogP contribution in [0.3, 0.4) is 0 Å².